The lowest BCUT2D eigenvalue weighted by Crippen LogP contribution is -2.51. The molecule has 0 radical (unpaired) electrons. The standard InChI is InChI=1S/C13H22N4O3/c1-16-7-4-8-17(9-10(16)18)12(19)13(11(14)15-20)5-2-3-6-13/h20H,2-9H2,1H3,(H2,14,15). The fourth-order valence-electron chi connectivity index (χ4n) is 3.12. The minimum Gasteiger partial charge on any atom is -0.409 e. The van der Waals surface area contributed by atoms with Gasteiger partial charge in [-0.15, -0.1) is 0 Å². The first-order chi connectivity index (χ1) is 9.51. The van der Waals surface area contributed by atoms with Crippen molar-refractivity contribution in [3.8, 4) is 0 Å². The van der Waals surface area contributed by atoms with E-state index in [9.17, 15) is 9.59 Å². The fraction of sp³-hybridized carbons (Fsp3) is 0.769. The van der Waals surface area contributed by atoms with E-state index in [2.05, 4.69) is 5.16 Å². The lowest BCUT2D eigenvalue weighted by atomic mass is 9.83. The topological polar surface area (TPSA) is 99.2 Å². The highest BCUT2D eigenvalue weighted by Crippen LogP contribution is 2.40. The molecule has 0 aromatic rings. The summed E-state index contributed by atoms with van der Waals surface area (Å²) in [5, 5.41) is 12.0. The van der Waals surface area contributed by atoms with Crippen molar-refractivity contribution in [1.29, 1.82) is 0 Å². The Hall–Kier alpha value is -1.79. The van der Waals surface area contributed by atoms with Crippen LogP contribution in [0, 0.1) is 5.41 Å². The Morgan fingerprint density at radius 3 is 2.55 bits per heavy atom. The molecule has 7 heteroatoms. The van der Waals surface area contributed by atoms with Crippen LogP contribution in [0.5, 0.6) is 0 Å². The number of nitrogens with zero attached hydrogens (tertiary/aromatic N) is 3. The zero-order chi connectivity index (χ0) is 14.8. The first kappa shape index (κ1) is 14.6. The van der Waals surface area contributed by atoms with E-state index < -0.39 is 5.41 Å². The van der Waals surface area contributed by atoms with E-state index in [-0.39, 0.29) is 24.2 Å². The zero-order valence-electron chi connectivity index (χ0n) is 11.8. The number of amides is 2. The summed E-state index contributed by atoms with van der Waals surface area (Å²) in [5.41, 5.74) is 4.86. The monoisotopic (exact) mass is 282 g/mol. The third kappa shape index (κ3) is 2.44. The number of nitrogens with two attached hydrogens (primary N) is 1. The zero-order valence-corrected chi connectivity index (χ0v) is 11.8. The maximum atomic E-state index is 12.8. The predicted molar refractivity (Wildman–Crippen MR) is 73.1 cm³/mol. The van der Waals surface area contributed by atoms with Crippen molar-refractivity contribution >= 4 is 17.6 Å². The number of carbonyl (C=O) groups excluding carboxylic acids is 2. The van der Waals surface area contributed by atoms with Gasteiger partial charge in [-0.2, -0.15) is 0 Å². The van der Waals surface area contributed by atoms with E-state index in [0.29, 0.717) is 25.9 Å². The van der Waals surface area contributed by atoms with Crippen molar-refractivity contribution in [2.75, 3.05) is 26.7 Å². The van der Waals surface area contributed by atoms with Crippen molar-refractivity contribution in [3.63, 3.8) is 0 Å². The molecule has 0 aromatic carbocycles. The number of likely N-dealkylation sites (N-methyl/N-ethyl adjacent to an activating group) is 1. The molecule has 1 saturated carbocycles. The molecule has 0 atom stereocenters. The van der Waals surface area contributed by atoms with Crippen molar-refractivity contribution in [2.24, 2.45) is 16.3 Å². The van der Waals surface area contributed by atoms with Crippen LogP contribution in [0.25, 0.3) is 0 Å². The van der Waals surface area contributed by atoms with Crippen molar-refractivity contribution in [2.45, 2.75) is 32.1 Å². The molecule has 2 amide bonds. The second kappa shape index (κ2) is 5.68. The van der Waals surface area contributed by atoms with Gasteiger partial charge in [-0.3, -0.25) is 9.59 Å². The van der Waals surface area contributed by atoms with Crippen LogP contribution >= 0.6 is 0 Å². The summed E-state index contributed by atoms with van der Waals surface area (Å²) < 4.78 is 0. The molecular formula is C13H22N4O3. The van der Waals surface area contributed by atoms with E-state index in [1.807, 2.05) is 0 Å². The minimum absolute atomic E-state index is 0.0231. The van der Waals surface area contributed by atoms with E-state index >= 15 is 0 Å². The molecule has 0 bridgehead atoms. The molecule has 7 nitrogen and oxygen atoms in total. The molecular weight excluding hydrogens is 260 g/mol. The average molecular weight is 282 g/mol. The van der Waals surface area contributed by atoms with E-state index in [4.69, 9.17) is 10.9 Å². The van der Waals surface area contributed by atoms with E-state index in [1.54, 1.807) is 16.8 Å². The van der Waals surface area contributed by atoms with Gasteiger partial charge in [-0.05, 0) is 19.3 Å². The molecule has 1 aliphatic heterocycles. The van der Waals surface area contributed by atoms with Crippen LogP contribution in [0.15, 0.2) is 5.16 Å². The first-order valence-corrected chi connectivity index (χ1v) is 7.02. The second-order valence-electron chi connectivity index (χ2n) is 5.67. The predicted octanol–water partition coefficient (Wildman–Crippen LogP) is -0.0161. The van der Waals surface area contributed by atoms with Gasteiger partial charge in [0.15, 0.2) is 5.84 Å². The minimum atomic E-state index is -0.919. The average Bonchev–Trinajstić information content (AvgIpc) is 2.88. The molecule has 2 fully saturated rings. The summed E-state index contributed by atoms with van der Waals surface area (Å²) in [5.74, 6) is -0.262. The first-order valence-electron chi connectivity index (χ1n) is 7.02. The highest BCUT2D eigenvalue weighted by atomic mass is 16.4. The van der Waals surface area contributed by atoms with Crippen LogP contribution in [-0.2, 0) is 9.59 Å². The van der Waals surface area contributed by atoms with Crippen LogP contribution < -0.4 is 5.73 Å². The van der Waals surface area contributed by atoms with Crippen LogP contribution in [0.1, 0.15) is 32.1 Å². The highest BCUT2D eigenvalue weighted by Gasteiger charge is 2.48. The Morgan fingerprint density at radius 1 is 1.30 bits per heavy atom. The molecule has 20 heavy (non-hydrogen) atoms. The third-order valence-electron chi connectivity index (χ3n) is 4.43. The van der Waals surface area contributed by atoms with Crippen molar-refractivity contribution in [1.82, 2.24) is 9.80 Å². The normalized spacial score (nSPS) is 23.9. The van der Waals surface area contributed by atoms with Gasteiger partial charge in [0.1, 0.15) is 5.41 Å². The van der Waals surface area contributed by atoms with E-state index in [1.165, 1.54) is 0 Å². The van der Waals surface area contributed by atoms with Gasteiger partial charge in [-0.25, -0.2) is 0 Å². The van der Waals surface area contributed by atoms with Gasteiger partial charge in [0, 0.05) is 20.1 Å². The summed E-state index contributed by atoms with van der Waals surface area (Å²) >= 11 is 0. The summed E-state index contributed by atoms with van der Waals surface area (Å²) in [7, 11) is 1.74. The molecule has 1 heterocycles. The third-order valence-corrected chi connectivity index (χ3v) is 4.43. The Labute approximate surface area is 118 Å². The van der Waals surface area contributed by atoms with Gasteiger partial charge in [0.05, 0.1) is 6.54 Å². The van der Waals surface area contributed by atoms with Gasteiger partial charge >= 0.3 is 0 Å². The van der Waals surface area contributed by atoms with Crippen molar-refractivity contribution in [3.05, 3.63) is 0 Å². The summed E-state index contributed by atoms with van der Waals surface area (Å²) in [6.07, 6.45) is 3.68. The van der Waals surface area contributed by atoms with Crippen LogP contribution in [0.3, 0.4) is 0 Å². The largest absolute Gasteiger partial charge is 0.409 e. The number of rotatable bonds is 2. The number of hydrogen-bond donors (Lipinski definition) is 2. The fourth-order valence-corrected chi connectivity index (χ4v) is 3.12. The Balaban J connectivity index is 2.22. The van der Waals surface area contributed by atoms with E-state index in [0.717, 1.165) is 19.3 Å². The Bertz CT molecular complexity index is 429. The number of oxime groups is 1. The van der Waals surface area contributed by atoms with Gasteiger partial charge in [0.2, 0.25) is 11.8 Å². The lowest BCUT2D eigenvalue weighted by Gasteiger charge is -2.32. The lowest BCUT2D eigenvalue weighted by molar-refractivity contribution is -0.142. The van der Waals surface area contributed by atoms with Crippen molar-refractivity contribution < 1.29 is 14.8 Å². The van der Waals surface area contributed by atoms with Crippen LogP contribution in [0.4, 0.5) is 0 Å². The molecule has 112 valence electrons. The van der Waals surface area contributed by atoms with Gasteiger partial charge in [-0.1, -0.05) is 18.0 Å². The molecule has 1 aliphatic carbocycles. The van der Waals surface area contributed by atoms with Gasteiger partial charge < -0.3 is 20.7 Å². The molecule has 2 rings (SSSR count). The SMILES string of the molecule is CN1CCCN(C(=O)C2(C(N)=NO)CCCC2)CC1=O. The molecule has 0 aromatic heterocycles. The number of hydrogen-bond acceptors (Lipinski definition) is 4. The Morgan fingerprint density at radius 2 is 1.95 bits per heavy atom. The molecule has 2 aliphatic rings. The maximum Gasteiger partial charge on any atom is 0.241 e. The highest BCUT2D eigenvalue weighted by molar-refractivity contribution is 6.07. The smallest absolute Gasteiger partial charge is 0.241 e. The molecule has 0 spiro atoms. The second-order valence-corrected chi connectivity index (χ2v) is 5.67. The summed E-state index contributed by atoms with van der Waals surface area (Å²) in [4.78, 5) is 27.9. The number of carbonyl (C=O) groups is 2. The number of amidine groups is 1. The molecule has 3 N–H and O–H groups in total. The van der Waals surface area contributed by atoms with Crippen LogP contribution in [0.2, 0.25) is 0 Å². The Kier molecular flexibility index (Phi) is 4.15. The van der Waals surface area contributed by atoms with Crippen LogP contribution in [-0.4, -0.2) is 59.3 Å². The summed E-state index contributed by atoms with van der Waals surface area (Å²) in [6, 6.07) is 0. The maximum absolute atomic E-state index is 12.8. The molecule has 0 unspecified atom stereocenters. The summed E-state index contributed by atoms with van der Waals surface area (Å²) in [6.45, 7) is 1.27. The molecule has 1 saturated heterocycles. The quantitative estimate of drug-likeness (QED) is 0.322. The van der Waals surface area contributed by atoms with Gasteiger partial charge in [0.25, 0.3) is 0 Å².